The molecular weight excluding hydrogens is 224 g/mol. The lowest BCUT2D eigenvalue weighted by Gasteiger charge is -2.19. The summed E-state index contributed by atoms with van der Waals surface area (Å²) >= 11 is 0. The second-order valence-corrected chi connectivity index (χ2v) is 5.99. The van der Waals surface area contributed by atoms with Crippen LogP contribution < -0.4 is 10.6 Å². The van der Waals surface area contributed by atoms with Gasteiger partial charge in [0.1, 0.15) is 0 Å². The fourth-order valence-electron chi connectivity index (χ4n) is 2.17. The van der Waals surface area contributed by atoms with Crippen LogP contribution in [-0.2, 0) is 5.41 Å². The van der Waals surface area contributed by atoms with Gasteiger partial charge in [-0.2, -0.15) is 0 Å². The van der Waals surface area contributed by atoms with Crippen molar-refractivity contribution in [3.8, 4) is 0 Å². The number of rotatable bonds is 2. The summed E-state index contributed by atoms with van der Waals surface area (Å²) in [6.07, 6.45) is 1.02. The van der Waals surface area contributed by atoms with E-state index >= 15 is 0 Å². The lowest BCUT2D eigenvalue weighted by Crippen LogP contribution is -2.36. The van der Waals surface area contributed by atoms with Crippen molar-refractivity contribution in [2.45, 2.75) is 38.6 Å². The predicted molar refractivity (Wildman–Crippen MR) is 73.9 cm³/mol. The molecule has 0 unspecified atom stereocenters. The highest BCUT2D eigenvalue weighted by molar-refractivity contribution is 5.94. The van der Waals surface area contributed by atoms with E-state index in [1.807, 2.05) is 24.3 Å². The van der Waals surface area contributed by atoms with Gasteiger partial charge in [-0.05, 0) is 36.1 Å². The fourth-order valence-corrected chi connectivity index (χ4v) is 2.17. The van der Waals surface area contributed by atoms with Crippen LogP contribution in [0, 0.1) is 0 Å². The summed E-state index contributed by atoms with van der Waals surface area (Å²) in [4.78, 5) is 12.0. The summed E-state index contributed by atoms with van der Waals surface area (Å²) in [5, 5.41) is 6.30. The average molecular weight is 246 g/mol. The van der Waals surface area contributed by atoms with Gasteiger partial charge in [0.15, 0.2) is 0 Å². The molecule has 1 atom stereocenters. The molecule has 1 fully saturated rings. The molecule has 1 saturated heterocycles. The Kier molecular flexibility index (Phi) is 3.71. The van der Waals surface area contributed by atoms with E-state index in [1.165, 1.54) is 5.56 Å². The van der Waals surface area contributed by atoms with Crippen LogP contribution >= 0.6 is 0 Å². The molecule has 2 rings (SSSR count). The van der Waals surface area contributed by atoms with E-state index in [2.05, 4.69) is 31.4 Å². The van der Waals surface area contributed by atoms with Crippen molar-refractivity contribution < 1.29 is 4.79 Å². The molecule has 1 aliphatic rings. The van der Waals surface area contributed by atoms with Crippen LogP contribution in [0.3, 0.4) is 0 Å². The van der Waals surface area contributed by atoms with E-state index < -0.39 is 0 Å². The van der Waals surface area contributed by atoms with Crippen molar-refractivity contribution >= 4 is 5.91 Å². The first-order valence-electron chi connectivity index (χ1n) is 6.59. The van der Waals surface area contributed by atoms with E-state index in [0.29, 0.717) is 0 Å². The molecule has 1 heterocycles. The number of amides is 1. The van der Waals surface area contributed by atoms with Gasteiger partial charge < -0.3 is 10.6 Å². The predicted octanol–water partition coefficient (Wildman–Crippen LogP) is 2.08. The zero-order valence-corrected chi connectivity index (χ0v) is 11.4. The van der Waals surface area contributed by atoms with E-state index in [-0.39, 0.29) is 17.4 Å². The zero-order chi connectivity index (χ0) is 13.2. The number of hydrogen-bond acceptors (Lipinski definition) is 2. The van der Waals surface area contributed by atoms with Gasteiger partial charge in [0, 0.05) is 18.2 Å². The molecule has 1 aromatic carbocycles. The van der Waals surface area contributed by atoms with Crippen molar-refractivity contribution in [3.05, 3.63) is 35.4 Å². The lowest BCUT2D eigenvalue weighted by molar-refractivity contribution is 0.0940. The third-order valence-corrected chi connectivity index (χ3v) is 3.41. The molecule has 98 valence electrons. The minimum atomic E-state index is 0.0316. The number of carbonyl (C=O) groups excluding carboxylic acids is 1. The first-order chi connectivity index (χ1) is 8.47. The quantitative estimate of drug-likeness (QED) is 0.839. The fraction of sp³-hybridized carbons (Fsp3) is 0.533. The maximum atomic E-state index is 12.0. The van der Waals surface area contributed by atoms with E-state index in [4.69, 9.17) is 0 Å². The molecule has 1 amide bonds. The van der Waals surface area contributed by atoms with Gasteiger partial charge in [-0.25, -0.2) is 0 Å². The third kappa shape index (κ3) is 3.10. The number of carbonyl (C=O) groups is 1. The molecule has 0 saturated carbocycles. The van der Waals surface area contributed by atoms with Gasteiger partial charge in [-0.15, -0.1) is 0 Å². The smallest absolute Gasteiger partial charge is 0.251 e. The number of benzene rings is 1. The Morgan fingerprint density at radius 2 is 1.94 bits per heavy atom. The van der Waals surface area contributed by atoms with Crippen LogP contribution in [0.25, 0.3) is 0 Å². The SMILES string of the molecule is CC(C)(C)c1ccc(C(=O)N[C@H]2CCNC2)cc1. The molecule has 3 heteroatoms. The molecule has 0 radical (unpaired) electrons. The maximum absolute atomic E-state index is 12.0. The molecule has 0 aromatic heterocycles. The van der Waals surface area contributed by atoms with Gasteiger partial charge >= 0.3 is 0 Å². The Bertz CT molecular complexity index is 411. The number of nitrogens with one attached hydrogen (secondary N) is 2. The topological polar surface area (TPSA) is 41.1 Å². The highest BCUT2D eigenvalue weighted by atomic mass is 16.1. The minimum Gasteiger partial charge on any atom is -0.348 e. The van der Waals surface area contributed by atoms with Crippen LogP contribution in [-0.4, -0.2) is 25.0 Å². The second-order valence-electron chi connectivity index (χ2n) is 5.99. The van der Waals surface area contributed by atoms with Gasteiger partial charge in [-0.1, -0.05) is 32.9 Å². The van der Waals surface area contributed by atoms with E-state index in [1.54, 1.807) is 0 Å². The van der Waals surface area contributed by atoms with Crippen LogP contribution in [0.2, 0.25) is 0 Å². The van der Waals surface area contributed by atoms with Crippen molar-refractivity contribution in [1.82, 2.24) is 10.6 Å². The zero-order valence-electron chi connectivity index (χ0n) is 11.4. The summed E-state index contributed by atoms with van der Waals surface area (Å²) < 4.78 is 0. The third-order valence-electron chi connectivity index (χ3n) is 3.41. The summed E-state index contributed by atoms with van der Waals surface area (Å²) in [7, 11) is 0. The summed E-state index contributed by atoms with van der Waals surface area (Å²) in [6.45, 7) is 8.39. The Morgan fingerprint density at radius 3 is 2.44 bits per heavy atom. The molecule has 1 aromatic rings. The first kappa shape index (κ1) is 13.1. The highest BCUT2D eigenvalue weighted by Crippen LogP contribution is 2.22. The van der Waals surface area contributed by atoms with Gasteiger partial charge in [-0.3, -0.25) is 4.79 Å². The van der Waals surface area contributed by atoms with Crippen molar-refractivity contribution in [2.24, 2.45) is 0 Å². The molecule has 0 spiro atoms. The summed E-state index contributed by atoms with van der Waals surface area (Å²) in [5.41, 5.74) is 2.13. The molecule has 2 N–H and O–H groups in total. The Labute approximate surface area is 109 Å². The van der Waals surface area contributed by atoms with Crippen LogP contribution in [0.4, 0.5) is 0 Å². The Hall–Kier alpha value is -1.35. The monoisotopic (exact) mass is 246 g/mol. The molecule has 1 aliphatic heterocycles. The van der Waals surface area contributed by atoms with Gasteiger partial charge in [0.25, 0.3) is 5.91 Å². The largest absolute Gasteiger partial charge is 0.348 e. The standard InChI is InChI=1S/C15H22N2O/c1-15(2,3)12-6-4-11(5-7-12)14(18)17-13-8-9-16-10-13/h4-7,13,16H,8-10H2,1-3H3,(H,17,18)/t13-/m0/s1. The Morgan fingerprint density at radius 1 is 1.28 bits per heavy atom. The van der Waals surface area contributed by atoms with Crippen molar-refractivity contribution in [2.75, 3.05) is 13.1 Å². The van der Waals surface area contributed by atoms with Crippen molar-refractivity contribution in [1.29, 1.82) is 0 Å². The second kappa shape index (κ2) is 5.11. The van der Waals surface area contributed by atoms with Crippen LogP contribution in [0.5, 0.6) is 0 Å². The van der Waals surface area contributed by atoms with E-state index in [0.717, 1.165) is 25.1 Å². The lowest BCUT2D eigenvalue weighted by atomic mass is 9.86. The van der Waals surface area contributed by atoms with Gasteiger partial charge in [0.05, 0.1) is 0 Å². The first-order valence-corrected chi connectivity index (χ1v) is 6.59. The number of hydrogen-bond donors (Lipinski definition) is 2. The van der Waals surface area contributed by atoms with Gasteiger partial charge in [0.2, 0.25) is 0 Å². The molecule has 18 heavy (non-hydrogen) atoms. The summed E-state index contributed by atoms with van der Waals surface area (Å²) in [5.74, 6) is 0.0316. The molecule has 3 nitrogen and oxygen atoms in total. The van der Waals surface area contributed by atoms with E-state index in [9.17, 15) is 4.79 Å². The van der Waals surface area contributed by atoms with Crippen molar-refractivity contribution in [3.63, 3.8) is 0 Å². The Balaban J connectivity index is 2.02. The minimum absolute atomic E-state index is 0.0316. The molecular formula is C15H22N2O. The summed E-state index contributed by atoms with van der Waals surface area (Å²) in [6, 6.07) is 8.19. The molecule has 0 bridgehead atoms. The maximum Gasteiger partial charge on any atom is 0.251 e. The molecule has 0 aliphatic carbocycles. The van der Waals surface area contributed by atoms with Crippen LogP contribution in [0.1, 0.15) is 43.1 Å². The average Bonchev–Trinajstić information content (AvgIpc) is 2.81. The normalized spacial score (nSPS) is 19.8. The highest BCUT2D eigenvalue weighted by Gasteiger charge is 2.18. The van der Waals surface area contributed by atoms with Crippen LogP contribution in [0.15, 0.2) is 24.3 Å².